The summed E-state index contributed by atoms with van der Waals surface area (Å²) in [7, 11) is 0. The quantitative estimate of drug-likeness (QED) is 0.866. The van der Waals surface area contributed by atoms with E-state index in [-0.39, 0.29) is 12.1 Å². The van der Waals surface area contributed by atoms with Crippen molar-refractivity contribution in [3.63, 3.8) is 0 Å². The molecule has 1 aliphatic rings. The van der Waals surface area contributed by atoms with E-state index in [1.807, 2.05) is 30.3 Å². The number of hydrogen-bond acceptors (Lipinski definition) is 2. The molecular formula is C13H17N3O. The number of rotatable bonds is 3. The first-order valence-corrected chi connectivity index (χ1v) is 5.79. The Morgan fingerprint density at radius 3 is 2.59 bits per heavy atom. The summed E-state index contributed by atoms with van der Waals surface area (Å²) in [5, 5.41) is 0. The van der Waals surface area contributed by atoms with Gasteiger partial charge in [0.2, 0.25) is 0 Å². The highest BCUT2D eigenvalue weighted by atomic mass is 16.2. The maximum Gasteiger partial charge on any atom is 0.346 e. The van der Waals surface area contributed by atoms with Crippen LogP contribution >= 0.6 is 0 Å². The number of urea groups is 1. The van der Waals surface area contributed by atoms with Crippen LogP contribution in [0.5, 0.6) is 0 Å². The highest BCUT2D eigenvalue weighted by Crippen LogP contribution is 2.27. The number of amides is 2. The van der Waals surface area contributed by atoms with E-state index >= 15 is 0 Å². The number of benzene rings is 1. The van der Waals surface area contributed by atoms with Gasteiger partial charge in [-0.15, -0.1) is 0 Å². The molecular weight excluding hydrogens is 214 g/mol. The molecule has 4 heteroatoms. The van der Waals surface area contributed by atoms with Gasteiger partial charge in [-0.3, -0.25) is 0 Å². The van der Waals surface area contributed by atoms with Crippen molar-refractivity contribution < 1.29 is 4.79 Å². The van der Waals surface area contributed by atoms with Crippen molar-refractivity contribution >= 4 is 11.9 Å². The summed E-state index contributed by atoms with van der Waals surface area (Å²) in [6, 6.07) is 9.34. The predicted octanol–water partition coefficient (Wildman–Crippen LogP) is 2.18. The maximum atomic E-state index is 11.8. The number of aliphatic imine (C=N–C) groups is 1. The topological polar surface area (TPSA) is 58.7 Å². The zero-order chi connectivity index (χ0) is 12.4. The molecule has 1 aromatic carbocycles. The zero-order valence-electron chi connectivity index (χ0n) is 10.1. The van der Waals surface area contributed by atoms with Crippen LogP contribution in [-0.4, -0.2) is 23.3 Å². The fraction of sp³-hybridized carbons (Fsp3) is 0.385. The molecule has 2 rings (SSSR count). The molecule has 2 N–H and O–H groups in total. The Balaban J connectivity index is 2.30. The summed E-state index contributed by atoms with van der Waals surface area (Å²) in [6.45, 7) is 4.82. The molecule has 2 amide bonds. The van der Waals surface area contributed by atoms with E-state index in [4.69, 9.17) is 5.73 Å². The van der Waals surface area contributed by atoms with Gasteiger partial charge in [0.05, 0.1) is 0 Å². The summed E-state index contributed by atoms with van der Waals surface area (Å²) >= 11 is 0. The highest BCUT2D eigenvalue weighted by molar-refractivity contribution is 6.03. The van der Waals surface area contributed by atoms with Crippen molar-refractivity contribution in [3.05, 3.63) is 35.9 Å². The minimum atomic E-state index is -0.231. The molecule has 0 fully saturated rings. The Labute approximate surface area is 101 Å². The van der Waals surface area contributed by atoms with Gasteiger partial charge in [-0.1, -0.05) is 44.2 Å². The Hall–Kier alpha value is -1.84. The molecule has 1 heterocycles. The molecule has 0 aliphatic carbocycles. The lowest BCUT2D eigenvalue weighted by Crippen LogP contribution is -2.35. The van der Waals surface area contributed by atoms with Crippen LogP contribution in [0.3, 0.4) is 0 Å². The van der Waals surface area contributed by atoms with Crippen molar-refractivity contribution in [2.75, 3.05) is 6.54 Å². The average Bonchev–Trinajstić information content (AvgIpc) is 2.54. The average molecular weight is 231 g/mol. The summed E-state index contributed by atoms with van der Waals surface area (Å²) in [6.07, 6.45) is 0. The lowest BCUT2D eigenvalue weighted by molar-refractivity contribution is 0.199. The van der Waals surface area contributed by atoms with Gasteiger partial charge in [0.1, 0.15) is 11.9 Å². The van der Waals surface area contributed by atoms with Crippen LogP contribution in [0.25, 0.3) is 0 Å². The molecule has 1 atom stereocenters. The molecule has 0 saturated carbocycles. The van der Waals surface area contributed by atoms with E-state index in [0.29, 0.717) is 18.3 Å². The number of nitrogens with two attached hydrogens (primary N) is 1. The van der Waals surface area contributed by atoms with E-state index in [1.165, 1.54) is 0 Å². The normalized spacial score (nSPS) is 19.9. The standard InChI is InChI=1S/C13H17N3O/c1-9(2)8-16-11(12(14)15-13(16)17)10-6-4-3-5-7-10/h3-7,9,11H,8H2,1-2H3,(H2,14,15,17). The van der Waals surface area contributed by atoms with Gasteiger partial charge in [-0.25, -0.2) is 4.79 Å². The van der Waals surface area contributed by atoms with E-state index in [1.54, 1.807) is 4.90 Å². The smallest absolute Gasteiger partial charge is 0.346 e. The van der Waals surface area contributed by atoms with Crippen molar-refractivity contribution in [2.45, 2.75) is 19.9 Å². The van der Waals surface area contributed by atoms with Crippen molar-refractivity contribution in [2.24, 2.45) is 16.6 Å². The fourth-order valence-corrected chi connectivity index (χ4v) is 2.07. The van der Waals surface area contributed by atoms with E-state index in [0.717, 1.165) is 5.56 Å². The predicted molar refractivity (Wildman–Crippen MR) is 67.7 cm³/mol. The van der Waals surface area contributed by atoms with Crippen LogP contribution in [0.4, 0.5) is 4.79 Å². The van der Waals surface area contributed by atoms with Gasteiger partial charge in [0, 0.05) is 6.54 Å². The fourth-order valence-electron chi connectivity index (χ4n) is 2.07. The minimum Gasteiger partial charge on any atom is -0.385 e. The van der Waals surface area contributed by atoms with Gasteiger partial charge in [0.15, 0.2) is 0 Å². The molecule has 1 aromatic rings. The Morgan fingerprint density at radius 2 is 2.00 bits per heavy atom. The second kappa shape index (κ2) is 4.57. The molecule has 0 bridgehead atoms. The van der Waals surface area contributed by atoms with E-state index in [2.05, 4.69) is 18.8 Å². The molecule has 0 radical (unpaired) electrons. The summed E-state index contributed by atoms with van der Waals surface area (Å²) in [4.78, 5) is 17.4. The van der Waals surface area contributed by atoms with Crippen molar-refractivity contribution in [3.8, 4) is 0 Å². The number of carbonyl (C=O) groups is 1. The zero-order valence-corrected chi connectivity index (χ0v) is 10.1. The van der Waals surface area contributed by atoms with E-state index in [9.17, 15) is 4.79 Å². The first-order chi connectivity index (χ1) is 8.09. The Bertz CT molecular complexity index is 439. The number of amidine groups is 1. The van der Waals surface area contributed by atoms with Gasteiger partial charge in [-0.05, 0) is 11.5 Å². The molecule has 0 spiro atoms. The van der Waals surface area contributed by atoms with Crippen LogP contribution in [0.1, 0.15) is 25.5 Å². The Morgan fingerprint density at radius 1 is 1.35 bits per heavy atom. The van der Waals surface area contributed by atoms with Crippen LogP contribution in [0, 0.1) is 5.92 Å². The van der Waals surface area contributed by atoms with Crippen LogP contribution in [-0.2, 0) is 0 Å². The van der Waals surface area contributed by atoms with Gasteiger partial charge in [-0.2, -0.15) is 4.99 Å². The third-order valence-electron chi connectivity index (χ3n) is 2.74. The lowest BCUT2D eigenvalue weighted by atomic mass is 10.0. The Kier molecular flexibility index (Phi) is 3.13. The van der Waals surface area contributed by atoms with Gasteiger partial charge >= 0.3 is 6.03 Å². The highest BCUT2D eigenvalue weighted by Gasteiger charge is 2.34. The summed E-state index contributed by atoms with van der Waals surface area (Å²) < 4.78 is 0. The molecule has 1 aliphatic heterocycles. The molecule has 17 heavy (non-hydrogen) atoms. The van der Waals surface area contributed by atoms with Crippen LogP contribution in [0.15, 0.2) is 35.3 Å². The largest absolute Gasteiger partial charge is 0.385 e. The second-order valence-corrected chi connectivity index (χ2v) is 4.68. The summed E-state index contributed by atoms with van der Waals surface area (Å²) in [5.41, 5.74) is 6.87. The minimum absolute atomic E-state index is 0.203. The third kappa shape index (κ3) is 2.30. The van der Waals surface area contributed by atoms with Crippen molar-refractivity contribution in [1.29, 1.82) is 0 Å². The third-order valence-corrected chi connectivity index (χ3v) is 2.74. The molecule has 0 saturated heterocycles. The van der Waals surface area contributed by atoms with Gasteiger partial charge < -0.3 is 10.6 Å². The number of nitrogens with zero attached hydrogens (tertiary/aromatic N) is 2. The SMILES string of the molecule is CC(C)CN1C(=O)N=C(N)C1c1ccccc1. The number of hydrogen-bond donors (Lipinski definition) is 1. The maximum absolute atomic E-state index is 11.8. The second-order valence-electron chi connectivity index (χ2n) is 4.68. The number of carbonyl (C=O) groups excluding carboxylic acids is 1. The van der Waals surface area contributed by atoms with Crippen molar-refractivity contribution in [1.82, 2.24) is 4.90 Å². The van der Waals surface area contributed by atoms with Crippen LogP contribution < -0.4 is 5.73 Å². The molecule has 90 valence electrons. The first-order valence-electron chi connectivity index (χ1n) is 5.79. The molecule has 0 aromatic heterocycles. The molecule has 1 unspecified atom stereocenters. The lowest BCUT2D eigenvalue weighted by Gasteiger charge is -2.26. The monoisotopic (exact) mass is 231 g/mol. The van der Waals surface area contributed by atoms with Gasteiger partial charge in [0.25, 0.3) is 0 Å². The van der Waals surface area contributed by atoms with E-state index < -0.39 is 0 Å². The molecule has 4 nitrogen and oxygen atoms in total. The summed E-state index contributed by atoms with van der Waals surface area (Å²) in [5.74, 6) is 0.785. The first kappa shape index (κ1) is 11.6. The van der Waals surface area contributed by atoms with Crippen LogP contribution in [0.2, 0.25) is 0 Å².